The summed E-state index contributed by atoms with van der Waals surface area (Å²) in [5.41, 5.74) is 2.84. The Balaban J connectivity index is 1.76. The fraction of sp³-hybridized carbons (Fsp3) is 0.350. The molecule has 1 aromatic heterocycles. The zero-order valence-corrected chi connectivity index (χ0v) is 13.0. The predicted octanol–water partition coefficient (Wildman–Crippen LogP) is 4.32. The zero-order valence-electron chi connectivity index (χ0n) is 13.0. The Kier molecular flexibility index (Phi) is 2.51. The smallest absolute Gasteiger partial charge is 0.314 e. The quantitative estimate of drug-likeness (QED) is 0.780. The normalized spacial score (nSPS) is 19.3. The third-order valence-corrected chi connectivity index (χ3v) is 5.62. The number of hydrogen-bond donors (Lipinski definition) is 1. The minimum Gasteiger partial charge on any atom is -0.481 e. The van der Waals surface area contributed by atoms with Crippen LogP contribution in [-0.4, -0.2) is 15.6 Å². The first kappa shape index (κ1) is 13.2. The van der Waals surface area contributed by atoms with E-state index in [-0.39, 0.29) is 0 Å². The van der Waals surface area contributed by atoms with Gasteiger partial charge in [-0.05, 0) is 55.4 Å². The van der Waals surface area contributed by atoms with Crippen LogP contribution < -0.4 is 0 Å². The van der Waals surface area contributed by atoms with Crippen LogP contribution in [-0.2, 0) is 16.8 Å². The molecule has 23 heavy (non-hydrogen) atoms. The molecule has 0 saturated heterocycles. The lowest BCUT2D eigenvalue weighted by Crippen LogP contribution is -2.19. The monoisotopic (exact) mass is 305 g/mol. The molecule has 116 valence electrons. The van der Waals surface area contributed by atoms with Crippen molar-refractivity contribution in [3.05, 3.63) is 48.0 Å². The molecule has 0 spiro atoms. The van der Waals surface area contributed by atoms with Crippen molar-refractivity contribution in [3.8, 4) is 0 Å². The Morgan fingerprint density at radius 1 is 1.09 bits per heavy atom. The number of para-hydroxylation sites is 1. The van der Waals surface area contributed by atoms with Gasteiger partial charge in [-0.3, -0.25) is 4.79 Å². The van der Waals surface area contributed by atoms with Gasteiger partial charge in [-0.25, -0.2) is 0 Å². The highest BCUT2D eigenvalue weighted by Crippen LogP contribution is 2.49. The van der Waals surface area contributed by atoms with Gasteiger partial charge in [0.25, 0.3) is 0 Å². The van der Waals surface area contributed by atoms with Crippen LogP contribution in [0.5, 0.6) is 0 Å². The van der Waals surface area contributed by atoms with Crippen LogP contribution in [0.15, 0.2) is 42.5 Å². The van der Waals surface area contributed by atoms with Gasteiger partial charge in [0.1, 0.15) is 0 Å². The maximum atomic E-state index is 11.6. The summed E-state index contributed by atoms with van der Waals surface area (Å²) < 4.78 is 2.42. The SMILES string of the molecule is O=C(O)C1(c2ccc3c(c2)c2ccccc2n3CC2CC2)CC1. The molecule has 2 aromatic carbocycles. The van der Waals surface area contributed by atoms with Gasteiger partial charge < -0.3 is 9.67 Å². The van der Waals surface area contributed by atoms with Crippen molar-refractivity contribution in [2.75, 3.05) is 0 Å². The van der Waals surface area contributed by atoms with E-state index < -0.39 is 11.4 Å². The molecule has 2 aliphatic rings. The number of benzene rings is 2. The van der Waals surface area contributed by atoms with Gasteiger partial charge in [-0.2, -0.15) is 0 Å². The van der Waals surface area contributed by atoms with Gasteiger partial charge >= 0.3 is 5.97 Å². The molecular weight excluding hydrogens is 286 g/mol. The number of nitrogens with zero attached hydrogens (tertiary/aromatic N) is 1. The average molecular weight is 305 g/mol. The second-order valence-corrected chi connectivity index (χ2v) is 7.19. The molecule has 0 atom stereocenters. The Bertz CT molecular complexity index is 945. The fourth-order valence-corrected chi connectivity index (χ4v) is 3.86. The first-order chi connectivity index (χ1) is 11.2. The molecule has 1 N–H and O–H groups in total. The van der Waals surface area contributed by atoms with E-state index in [1.165, 1.54) is 34.6 Å². The molecule has 3 heteroatoms. The molecule has 0 radical (unpaired) electrons. The number of carbonyl (C=O) groups is 1. The molecule has 2 aliphatic carbocycles. The van der Waals surface area contributed by atoms with Crippen LogP contribution in [0.1, 0.15) is 31.2 Å². The molecule has 0 aliphatic heterocycles. The Hall–Kier alpha value is -2.29. The highest BCUT2D eigenvalue weighted by Gasteiger charge is 2.51. The second-order valence-electron chi connectivity index (χ2n) is 7.19. The lowest BCUT2D eigenvalue weighted by Gasteiger charge is -2.11. The predicted molar refractivity (Wildman–Crippen MR) is 90.7 cm³/mol. The molecule has 1 heterocycles. The summed E-state index contributed by atoms with van der Waals surface area (Å²) in [5, 5.41) is 12.0. The van der Waals surface area contributed by atoms with E-state index in [1.54, 1.807) is 0 Å². The Morgan fingerprint density at radius 3 is 2.52 bits per heavy atom. The van der Waals surface area contributed by atoms with E-state index in [2.05, 4.69) is 41.0 Å². The average Bonchev–Trinajstić information content (AvgIpc) is 3.46. The summed E-state index contributed by atoms with van der Waals surface area (Å²) in [4.78, 5) is 11.6. The molecule has 0 unspecified atom stereocenters. The summed E-state index contributed by atoms with van der Waals surface area (Å²) in [6.07, 6.45) is 4.17. The lowest BCUT2D eigenvalue weighted by atomic mass is 9.94. The Labute approximate surface area is 134 Å². The molecule has 3 nitrogen and oxygen atoms in total. The van der Waals surface area contributed by atoms with E-state index in [4.69, 9.17) is 0 Å². The largest absolute Gasteiger partial charge is 0.481 e. The van der Waals surface area contributed by atoms with Crippen LogP contribution in [0, 0.1) is 5.92 Å². The van der Waals surface area contributed by atoms with Crippen molar-refractivity contribution in [2.45, 2.75) is 37.6 Å². The van der Waals surface area contributed by atoms with Crippen LogP contribution in [0.4, 0.5) is 0 Å². The molecule has 2 fully saturated rings. The fourth-order valence-electron chi connectivity index (χ4n) is 3.86. The van der Waals surface area contributed by atoms with Gasteiger partial charge in [0.05, 0.1) is 5.41 Å². The van der Waals surface area contributed by atoms with Crippen molar-refractivity contribution in [1.29, 1.82) is 0 Å². The highest BCUT2D eigenvalue weighted by atomic mass is 16.4. The van der Waals surface area contributed by atoms with Crippen LogP contribution >= 0.6 is 0 Å². The van der Waals surface area contributed by atoms with Crippen molar-refractivity contribution in [3.63, 3.8) is 0 Å². The first-order valence-electron chi connectivity index (χ1n) is 8.44. The highest BCUT2D eigenvalue weighted by molar-refractivity contribution is 6.08. The van der Waals surface area contributed by atoms with Gasteiger partial charge in [0, 0.05) is 28.4 Å². The van der Waals surface area contributed by atoms with Crippen LogP contribution in [0.3, 0.4) is 0 Å². The first-order valence-corrected chi connectivity index (χ1v) is 8.44. The third kappa shape index (κ3) is 1.86. The summed E-state index contributed by atoms with van der Waals surface area (Å²) in [7, 11) is 0. The number of fused-ring (bicyclic) bond motifs is 3. The standard InChI is InChI=1S/C20H19NO2/c22-19(23)20(9-10-20)14-7-8-18-16(11-14)15-3-1-2-4-17(15)21(18)12-13-5-6-13/h1-4,7-8,11,13H,5-6,9-10,12H2,(H,22,23). The molecule has 0 bridgehead atoms. The van der Waals surface area contributed by atoms with Crippen LogP contribution in [0.2, 0.25) is 0 Å². The molecular formula is C20H19NO2. The van der Waals surface area contributed by atoms with Gasteiger partial charge in [-0.15, -0.1) is 0 Å². The van der Waals surface area contributed by atoms with Crippen molar-refractivity contribution >= 4 is 27.8 Å². The summed E-state index contributed by atoms with van der Waals surface area (Å²) in [6, 6.07) is 14.8. The van der Waals surface area contributed by atoms with E-state index in [9.17, 15) is 9.90 Å². The molecule has 5 rings (SSSR count). The third-order valence-electron chi connectivity index (χ3n) is 5.62. The van der Waals surface area contributed by atoms with Gasteiger partial charge in [0.2, 0.25) is 0 Å². The van der Waals surface area contributed by atoms with E-state index in [1.807, 2.05) is 6.07 Å². The molecule has 0 amide bonds. The minimum atomic E-state index is -0.682. The zero-order chi connectivity index (χ0) is 15.6. The number of carboxylic acid groups (broad SMARTS) is 1. The van der Waals surface area contributed by atoms with E-state index in [0.717, 1.165) is 30.9 Å². The van der Waals surface area contributed by atoms with Crippen molar-refractivity contribution < 1.29 is 9.90 Å². The number of hydrogen-bond acceptors (Lipinski definition) is 1. The van der Waals surface area contributed by atoms with Crippen molar-refractivity contribution in [2.24, 2.45) is 5.92 Å². The number of carboxylic acids is 1. The van der Waals surface area contributed by atoms with Gasteiger partial charge in [-0.1, -0.05) is 24.3 Å². The summed E-state index contributed by atoms with van der Waals surface area (Å²) in [6.45, 7) is 1.08. The minimum absolute atomic E-state index is 0.631. The number of rotatable bonds is 4. The molecule has 3 aromatic rings. The van der Waals surface area contributed by atoms with E-state index >= 15 is 0 Å². The summed E-state index contributed by atoms with van der Waals surface area (Å²) >= 11 is 0. The lowest BCUT2D eigenvalue weighted by molar-refractivity contribution is -0.140. The van der Waals surface area contributed by atoms with Crippen LogP contribution in [0.25, 0.3) is 21.8 Å². The van der Waals surface area contributed by atoms with Crippen molar-refractivity contribution in [1.82, 2.24) is 4.57 Å². The Morgan fingerprint density at radius 2 is 1.83 bits per heavy atom. The number of aromatic nitrogens is 1. The molecule has 2 saturated carbocycles. The van der Waals surface area contributed by atoms with Gasteiger partial charge in [0.15, 0.2) is 0 Å². The maximum Gasteiger partial charge on any atom is 0.314 e. The maximum absolute atomic E-state index is 11.6. The second kappa shape index (κ2) is 4.38. The topological polar surface area (TPSA) is 42.2 Å². The number of aliphatic carboxylic acids is 1. The van der Waals surface area contributed by atoms with E-state index in [0.29, 0.717) is 0 Å². The summed E-state index contributed by atoms with van der Waals surface area (Å²) in [5.74, 6) is 0.126.